The lowest BCUT2D eigenvalue weighted by molar-refractivity contribution is -0.123. The lowest BCUT2D eigenvalue weighted by Crippen LogP contribution is -2.45. The molecular formula is C20H24N2O3. The number of benzene rings is 1. The Bertz CT molecular complexity index is 752. The largest absolute Gasteiger partial charge is 0.459 e. The molecule has 2 N–H and O–H groups in total. The minimum atomic E-state index is -0.641. The maximum Gasteiger partial charge on any atom is 0.287 e. The second kappa shape index (κ2) is 7.55. The Hall–Kier alpha value is -2.56. The van der Waals surface area contributed by atoms with Gasteiger partial charge < -0.3 is 15.1 Å². The van der Waals surface area contributed by atoms with Crippen LogP contribution >= 0.6 is 0 Å². The van der Waals surface area contributed by atoms with E-state index in [2.05, 4.69) is 28.8 Å². The van der Waals surface area contributed by atoms with E-state index in [1.807, 2.05) is 6.92 Å². The third-order valence-electron chi connectivity index (χ3n) is 4.72. The molecule has 5 heteroatoms. The Morgan fingerprint density at radius 3 is 2.52 bits per heavy atom. The third-order valence-corrected chi connectivity index (χ3v) is 4.72. The highest BCUT2D eigenvalue weighted by atomic mass is 16.3. The number of amides is 2. The SMILES string of the molecule is CC(NC(=O)[C@H](C)NC(=O)c1ccco1)c1ccc2c(c1)CCCC2. The molecule has 132 valence electrons. The van der Waals surface area contributed by atoms with Crippen LogP contribution in [-0.4, -0.2) is 17.9 Å². The van der Waals surface area contributed by atoms with E-state index in [1.165, 1.54) is 30.2 Å². The topological polar surface area (TPSA) is 71.3 Å². The van der Waals surface area contributed by atoms with Gasteiger partial charge in [-0.1, -0.05) is 18.2 Å². The van der Waals surface area contributed by atoms with Gasteiger partial charge in [0.25, 0.3) is 5.91 Å². The molecule has 3 rings (SSSR count). The van der Waals surface area contributed by atoms with Gasteiger partial charge in [-0.2, -0.15) is 0 Å². The minimum Gasteiger partial charge on any atom is -0.459 e. The van der Waals surface area contributed by atoms with Gasteiger partial charge in [-0.15, -0.1) is 0 Å². The Labute approximate surface area is 147 Å². The van der Waals surface area contributed by atoms with Crippen LogP contribution in [0.2, 0.25) is 0 Å². The van der Waals surface area contributed by atoms with Crippen molar-refractivity contribution in [2.75, 3.05) is 0 Å². The Morgan fingerprint density at radius 1 is 1.04 bits per heavy atom. The standard InChI is InChI=1S/C20H24N2O3/c1-13(16-10-9-15-6-3-4-7-17(15)12-16)21-19(23)14(2)22-20(24)18-8-5-11-25-18/h5,8-14H,3-4,6-7H2,1-2H3,(H,21,23)(H,22,24)/t13?,14-/m0/s1. The maximum absolute atomic E-state index is 12.4. The Kier molecular flexibility index (Phi) is 5.22. The highest BCUT2D eigenvalue weighted by Crippen LogP contribution is 2.24. The number of hydrogen-bond acceptors (Lipinski definition) is 3. The maximum atomic E-state index is 12.4. The zero-order valence-electron chi connectivity index (χ0n) is 14.7. The van der Waals surface area contributed by atoms with Crippen molar-refractivity contribution in [3.8, 4) is 0 Å². The zero-order chi connectivity index (χ0) is 17.8. The quantitative estimate of drug-likeness (QED) is 0.878. The first-order valence-electron chi connectivity index (χ1n) is 8.81. The van der Waals surface area contributed by atoms with Crippen LogP contribution in [0.1, 0.15) is 60.0 Å². The highest BCUT2D eigenvalue weighted by Gasteiger charge is 2.20. The summed E-state index contributed by atoms with van der Waals surface area (Å²) >= 11 is 0. The first-order chi connectivity index (χ1) is 12.0. The average Bonchev–Trinajstić information content (AvgIpc) is 3.16. The monoisotopic (exact) mass is 340 g/mol. The van der Waals surface area contributed by atoms with Gasteiger partial charge in [0.1, 0.15) is 6.04 Å². The second-order valence-corrected chi connectivity index (χ2v) is 6.64. The van der Waals surface area contributed by atoms with E-state index < -0.39 is 11.9 Å². The molecule has 1 aromatic heterocycles. The molecule has 2 amide bonds. The molecule has 1 aromatic carbocycles. The molecule has 0 fully saturated rings. The highest BCUT2D eigenvalue weighted by molar-refractivity contribution is 5.95. The van der Waals surface area contributed by atoms with Crippen LogP contribution < -0.4 is 10.6 Å². The summed E-state index contributed by atoms with van der Waals surface area (Å²) in [6.07, 6.45) is 6.17. The van der Waals surface area contributed by atoms with Gasteiger partial charge in [0.15, 0.2) is 5.76 Å². The summed E-state index contributed by atoms with van der Waals surface area (Å²) in [7, 11) is 0. The van der Waals surface area contributed by atoms with E-state index >= 15 is 0 Å². The first kappa shape index (κ1) is 17.3. The summed E-state index contributed by atoms with van der Waals surface area (Å²) in [4.78, 5) is 24.3. The van der Waals surface area contributed by atoms with Crippen molar-refractivity contribution in [2.45, 2.75) is 51.6 Å². The number of rotatable bonds is 5. The molecule has 2 atom stereocenters. The smallest absolute Gasteiger partial charge is 0.287 e. The fourth-order valence-electron chi connectivity index (χ4n) is 3.19. The summed E-state index contributed by atoms with van der Waals surface area (Å²) in [5.41, 5.74) is 3.91. The molecule has 1 heterocycles. The van der Waals surface area contributed by atoms with Gasteiger partial charge in [-0.25, -0.2) is 0 Å². The number of hydrogen-bond donors (Lipinski definition) is 2. The molecule has 5 nitrogen and oxygen atoms in total. The normalized spacial score (nSPS) is 15.8. The fourth-order valence-corrected chi connectivity index (χ4v) is 3.19. The van der Waals surface area contributed by atoms with Crippen LogP contribution in [0.25, 0.3) is 0 Å². The molecule has 1 unspecified atom stereocenters. The predicted molar refractivity (Wildman–Crippen MR) is 95.3 cm³/mol. The molecule has 2 aromatic rings. The average molecular weight is 340 g/mol. The van der Waals surface area contributed by atoms with Gasteiger partial charge in [0, 0.05) is 0 Å². The van der Waals surface area contributed by atoms with Crippen molar-refractivity contribution >= 4 is 11.8 Å². The van der Waals surface area contributed by atoms with Crippen LogP contribution in [0.15, 0.2) is 41.0 Å². The number of aryl methyl sites for hydroxylation is 2. The van der Waals surface area contributed by atoms with Crippen molar-refractivity contribution in [2.24, 2.45) is 0 Å². The Morgan fingerprint density at radius 2 is 1.80 bits per heavy atom. The van der Waals surface area contributed by atoms with Gasteiger partial charge in [-0.3, -0.25) is 9.59 Å². The molecule has 1 aliphatic carbocycles. The van der Waals surface area contributed by atoms with E-state index in [-0.39, 0.29) is 17.7 Å². The number of carbonyl (C=O) groups excluding carboxylic acids is 2. The van der Waals surface area contributed by atoms with Crippen molar-refractivity contribution in [1.29, 1.82) is 0 Å². The van der Waals surface area contributed by atoms with Crippen molar-refractivity contribution < 1.29 is 14.0 Å². The number of nitrogens with one attached hydrogen (secondary N) is 2. The summed E-state index contributed by atoms with van der Waals surface area (Å²) in [5.74, 6) is -0.415. The van der Waals surface area contributed by atoms with Crippen molar-refractivity contribution in [3.05, 3.63) is 59.0 Å². The van der Waals surface area contributed by atoms with Crippen LogP contribution in [0.4, 0.5) is 0 Å². The number of furan rings is 1. The molecule has 0 radical (unpaired) electrons. The minimum absolute atomic E-state index is 0.109. The van der Waals surface area contributed by atoms with Gasteiger partial charge >= 0.3 is 0 Å². The van der Waals surface area contributed by atoms with Gasteiger partial charge in [-0.05, 0) is 68.4 Å². The molecule has 0 saturated carbocycles. The van der Waals surface area contributed by atoms with Crippen LogP contribution in [0.3, 0.4) is 0 Å². The molecular weight excluding hydrogens is 316 g/mol. The summed E-state index contributed by atoms with van der Waals surface area (Å²) in [6, 6.07) is 8.91. The molecule has 0 bridgehead atoms. The second-order valence-electron chi connectivity index (χ2n) is 6.64. The molecule has 0 saturated heterocycles. The Balaban J connectivity index is 1.59. The lowest BCUT2D eigenvalue weighted by atomic mass is 9.89. The predicted octanol–water partition coefficient (Wildman–Crippen LogP) is 3.15. The van der Waals surface area contributed by atoms with Gasteiger partial charge in [0.2, 0.25) is 5.91 Å². The van der Waals surface area contributed by atoms with Crippen LogP contribution in [-0.2, 0) is 17.6 Å². The van der Waals surface area contributed by atoms with Crippen LogP contribution in [0, 0.1) is 0 Å². The van der Waals surface area contributed by atoms with Crippen LogP contribution in [0.5, 0.6) is 0 Å². The van der Waals surface area contributed by atoms with E-state index in [4.69, 9.17) is 4.42 Å². The number of fused-ring (bicyclic) bond motifs is 1. The number of carbonyl (C=O) groups is 2. The lowest BCUT2D eigenvalue weighted by Gasteiger charge is -2.21. The fraction of sp³-hybridized carbons (Fsp3) is 0.400. The summed E-state index contributed by atoms with van der Waals surface area (Å²) < 4.78 is 5.04. The molecule has 1 aliphatic rings. The van der Waals surface area contributed by atoms with E-state index in [9.17, 15) is 9.59 Å². The summed E-state index contributed by atoms with van der Waals surface area (Å²) in [5, 5.41) is 5.61. The molecule has 0 aliphatic heterocycles. The van der Waals surface area contributed by atoms with Gasteiger partial charge in [0.05, 0.1) is 12.3 Å². The third kappa shape index (κ3) is 4.10. The van der Waals surface area contributed by atoms with Crippen molar-refractivity contribution in [1.82, 2.24) is 10.6 Å². The van der Waals surface area contributed by atoms with E-state index in [1.54, 1.807) is 19.1 Å². The molecule has 0 spiro atoms. The van der Waals surface area contributed by atoms with E-state index in [0.29, 0.717) is 0 Å². The molecule has 25 heavy (non-hydrogen) atoms. The van der Waals surface area contributed by atoms with E-state index in [0.717, 1.165) is 18.4 Å². The zero-order valence-corrected chi connectivity index (χ0v) is 14.7. The first-order valence-corrected chi connectivity index (χ1v) is 8.81. The van der Waals surface area contributed by atoms with Crippen molar-refractivity contribution in [3.63, 3.8) is 0 Å². The summed E-state index contributed by atoms with van der Waals surface area (Å²) in [6.45, 7) is 3.62.